The van der Waals surface area contributed by atoms with E-state index < -0.39 is 23.9 Å². The van der Waals surface area contributed by atoms with Crippen LogP contribution >= 0.6 is 23.2 Å². The summed E-state index contributed by atoms with van der Waals surface area (Å²) in [5, 5.41) is 3.32. The average Bonchev–Trinajstić information content (AvgIpc) is 2.75. The lowest BCUT2D eigenvalue weighted by Crippen LogP contribution is -2.06. The molecule has 1 heterocycles. The first kappa shape index (κ1) is 16.0. The van der Waals surface area contributed by atoms with Gasteiger partial charge in [0.15, 0.2) is 0 Å². The van der Waals surface area contributed by atoms with Gasteiger partial charge in [0.1, 0.15) is 10.8 Å². The van der Waals surface area contributed by atoms with Crippen LogP contribution in [0.2, 0.25) is 5.15 Å². The summed E-state index contributed by atoms with van der Waals surface area (Å²) in [7, 11) is 0. The van der Waals surface area contributed by atoms with Gasteiger partial charge in [-0.2, -0.15) is 18.3 Å². The van der Waals surface area contributed by atoms with Gasteiger partial charge in [0.05, 0.1) is 17.1 Å². The summed E-state index contributed by atoms with van der Waals surface area (Å²) in [5.74, 6) is -0.322. The molecule has 0 saturated carbocycles. The van der Waals surface area contributed by atoms with Crippen molar-refractivity contribution in [1.29, 1.82) is 0 Å². The normalized spacial score (nSPS) is 12.2. The molecule has 0 spiro atoms. The lowest BCUT2D eigenvalue weighted by Gasteiger charge is -2.09. The zero-order chi connectivity index (χ0) is 15.8. The topological polar surface area (TPSA) is 17.8 Å². The molecule has 0 radical (unpaired) electrons. The summed E-state index contributed by atoms with van der Waals surface area (Å²) in [6.07, 6.45) is -7.49. The molecule has 0 unspecified atom stereocenters. The minimum Gasteiger partial charge on any atom is -0.221 e. The highest BCUT2D eigenvalue weighted by Crippen LogP contribution is 2.34. The van der Waals surface area contributed by atoms with Gasteiger partial charge in [-0.1, -0.05) is 17.7 Å². The minimum atomic E-state index is -4.56. The van der Waals surface area contributed by atoms with Crippen molar-refractivity contribution in [3.8, 4) is 5.69 Å². The van der Waals surface area contributed by atoms with Gasteiger partial charge >= 0.3 is 6.18 Å². The van der Waals surface area contributed by atoms with E-state index in [0.29, 0.717) is 0 Å². The lowest BCUT2D eigenvalue weighted by atomic mass is 10.2. The summed E-state index contributed by atoms with van der Waals surface area (Å²) in [4.78, 5) is 0. The Bertz CT molecular complexity index is 652. The van der Waals surface area contributed by atoms with Crippen molar-refractivity contribution in [2.45, 2.75) is 18.5 Å². The van der Waals surface area contributed by atoms with E-state index in [-0.39, 0.29) is 22.3 Å². The molecule has 9 heteroatoms. The fourth-order valence-electron chi connectivity index (χ4n) is 1.73. The fourth-order valence-corrected chi connectivity index (χ4v) is 2.36. The first-order valence-corrected chi connectivity index (χ1v) is 6.46. The Morgan fingerprint density at radius 1 is 1.24 bits per heavy atom. The lowest BCUT2D eigenvalue weighted by molar-refractivity contribution is -0.137. The van der Waals surface area contributed by atoms with Crippen molar-refractivity contribution in [3.63, 3.8) is 0 Å². The Hall–Kier alpha value is -1.34. The first-order chi connectivity index (χ1) is 9.75. The first-order valence-electron chi connectivity index (χ1n) is 5.54. The molecule has 0 fully saturated rings. The average molecular weight is 345 g/mol. The van der Waals surface area contributed by atoms with Gasteiger partial charge < -0.3 is 0 Å². The van der Waals surface area contributed by atoms with Crippen LogP contribution in [0.3, 0.4) is 0 Å². The molecule has 2 aromatic rings. The van der Waals surface area contributed by atoms with Crippen LogP contribution in [0.4, 0.5) is 22.0 Å². The quantitative estimate of drug-likeness (QED) is 0.551. The van der Waals surface area contributed by atoms with Gasteiger partial charge in [-0.15, -0.1) is 11.6 Å². The van der Waals surface area contributed by atoms with Gasteiger partial charge in [-0.25, -0.2) is 13.5 Å². The zero-order valence-corrected chi connectivity index (χ0v) is 11.6. The molecule has 2 rings (SSSR count). The van der Waals surface area contributed by atoms with Crippen molar-refractivity contribution < 1.29 is 22.0 Å². The second-order valence-corrected chi connectivity index (χ2v) is 4.67. The van der Waals surface area contributed by atoms with Gasteiger partial charge in [-0.3, -0.25) is 0 Å². The molecule has 0 amide bonds. The number of nitrogens with zero attached hydrogens (tertiary/aromatic N) is 2. The van der Waals surface area contributed by atoms with E-state index in [0.717, 1.165) is 22.9 Å². The Kier molecular flexibility index (Phi) is 4.43. The van der Waals surface area contributed by atoms with Crippen LogP contribution in [0.25, 0.3) is 5.69 Å². The third kappa shape index (κ3) is 3.13. The van der Waals surface area contributed by atoms with E-state index >= 15 is 0 Å². The molecule has 1 aromatic heterocycles. The number of alkyl halides is 6. The van der Waals surface area contributed by atoms with E-state index in [1.54, 1.807) is 0 Å². The summed E-state index contributed by atoms with van der Waals surface area (Å²) in [6, 6.07) is 4.05. The fraction of sp³-hybridized carbons (Fsp3) is 0.250. The molecule has 2 nitrogen and oxygen atoms in total. The summed E-state index contributed by atoms with van der Waals surface area (Å²) in [5.41, 5.74) is -1.76. The van der Waals surface area contributed by atoms with Crippen LogP contribution in [0.5, 0.6) is 0 Å². The van der Waals surface area contributed by atoms with Gasteiger partial charge in [0, 0.05) is 5.56 Å². The highest BCUT2D eigenvalue weighted by Gasteiger charge is 2.31. The molecule has 0 aliphatic carbocycles. The molecular weight excluding hydrogens is 338 g/mol. The van der Waals surface area contributed by atoms with Crippen LogP contribution in [0.15, 0.2) is 24.3 Å². The summed E-state index contributed by atoms with van der Waals surface area (Å²) in [6.45, 7) is 0. The van der Waals surface area contributed by atoms with Crippen molar-refractivity contribution in [2.75, 3.05) is 0 Å². The van der Waals surface area contributed by atoms with E-state index in [1.165, 1.54) is 6.07 Å². The van der Waals surface area contributed by atoms with Crippen LogP contribution in [-0.2, 0) is 12.1 Å². The van der Waals surface area contributed by atoms with Gasteiger partial charge in [0.25, 0.3) is 6.43 Å². The Morgan fingerprint density at radius 2 is 1.90 bits per heavy atom. The van der Waals surface area contributed by atoms with Crippen molar-refractivity contribution >= 4 is 23.2 Å². The van der Waals surface area contributed by atoms with E-state index in [4.69, 9.17) is 23.2 Å². The molecule has 0 bridgehead atoms. The second-order valence-electron chi connectivity index (χ2n) is 4.05. The Labute approximate surface area is 126 Å². The molecule has 0 N–H and O–H groups in total. The maximum atomic E-state index is 12.8. The third-order valence-corrected chi connectivity index (χ3v) is 3.37. The van der Waals surface area contributed by atoms with Crippen LogP contribution in [-0.4, -0.2) is 9.78 Å². The van der Waals surface area contributed by atoms with Crippen molar-refractivity contribution in [1.82, 2.24) is 9.78 Å². The number of hydrogen-bond donors (Lipinski definition) is 0. The maximum Gasteiger partial charge on any atom is 0.416 e. The molecule has 0 aliphatic heterocycles. The number of halogens is 7. The standard InChI is InChI=1S/C12H7Cl2F5N2/c13-5-8-9(11(15)16)20-21(10(8)14)7-3-1-2-6(4-7)12(17,18)19/h1-4,11H,5H2. The number of benzene rings is 1. The SMILES string of the molecule is FC(F)c1nn(-c2cccc(C(F)(F)F)c2)c(Cl)c1CCl. The molecule has 114 valence electrons. The monoisotopic (exact) mass is 344 g/mol. The number of hydrogen-bond acceptors (Lipinski definition) is 1. The molecule has 1 aromatic carbocycles. The molecule has 0 aliphatic rings. The Morgan fingerprint density at radius 3 is 2.38 bits per heavy atom. The predicted octanol–water partition coefficient (Wildman–Crippen LogP) is 5.22. The molecular formula is C12H7Cl2F5N2. The maximum absolute atomic E-state index is 12.8. The largest absolute Gasteiger partial charge is 0.416 e. The van der Waals surface area contributed by atoms with Crippen molar-refractivity contribution in [3.05, 3.63) is 46.2 Å². The van der Waals surface area contributed by atoms with E-state index in [1.807, 2.05) is 0 Å². The summed E-state index contributed by atoms with van der Waals surface area (Å²) >= 11 is 11.4. The van der Waals surface area contributed by atoms with Crippen LogP contribution < -0.4 is 0 Å². The van der Waals surface area contributed by atoms with E-state index in [9.17, 15) is 22.0 Å². The smallest absolute Gasteiger partial charge is 0.221 e. The van der Waals surface area contributed by atoms with Gasteiger partial charge in [0.2, 0.25) is 0 Å². The zero-order valence-electron chi connectivity index (χ0n) is 10.1. The molecule has 0 saturated heterocycles. The summed E-state index contributed by atoms with van der Waals surface area (Å²) < 4.78 is 64.4. The van der Waals surface area contributed by atoms with Gasteiger partial charge in [-0.05, 0) is 18.2 Å². The molecule has 0 atom stereocenters. The van der Waals surface area contributed by atoms with Crippen LogP contribution in [0.1, 0.15) is 23.2 Å². The predicted molar refractivity (Wildman–Crippen MR) is 68.1 cm³/mol. The highest BCUT2D eigenvalue weighted by molar-refractivity contribution is 6.31. The van der Waals surface area contributed by atoms with Crippen LogP contribution in [0, 0.1) is 0 Å². The third-order valence-electron chi connectivity index (χ3n) is 2.71. The highest BCUT2D eigenvalue weighted by atomic mass is 35.5. The van der Waals surface area contributed by atoms with E-state index in [2.05, 4.69) is 5.10 Å². The number of rotatable bonds is 3. The molecule has 21 heavy (non-hydrogen) atoms. The Balaban J connectivity index is 2.57. The minimum absolute atomic E-state index is 0.0758. The second kappa shape index (κ2) is 5.81. The van der Waals surface area contributed by atoms with Crippen molar-refractivity contribution in [2.24, 2.45) is 0 Å². The number of aromatic nitrogens is 2.